The Morgan fingerprint density at radius 2 is 1.66 bits per heavy atom. The predicted octanol–water partition coefficient (Wildman–Crippen LogP) is 2.42. The lowest BCUT2D eigenvalue weighted by atomic mass is 10.2. The normalized spacial score (nSPS) is 11.1. The molecule has 1 atom stereocenters. The van der Waals surface area contributed by atoms with Crippen LogP contribution in [0.5, 0.6) is 5.75 Å². The third-order valence-electron chi connectivity index (χ3n) is 4.05. The first-order valence-corrected chi connectivity index (χ1v) is 10.1. The summed E-state index contributed by atoms with van der Waals surface area (Å²) in [5.41, 5.74) is 0.656. The van der Waals surface area contributed by atoms with E-state index in [2.05, 4.69) is 16.0 Å². The second-order valence-corrected chi connectivity index (χ2v) is 7.28. The molecule has 0 saturated carbocycles. The number of ether oxygens (including phenoxy) is 2. The van der Waals surface area contributed by atoms with Crippen molar-refractivity contribution in [3.63, 3.8) is 0 Å². The molecule has 0 aromatic heterocycles. The van der Waals surface area contributed by atoms with Crippen LogP contribution in [0.2, 0.25) is 10.0 Å². The topological polar surface area (TPSA) is 123 Å². The molecule has 11 heteroatoms. The Kier molecular flexibility index (Phi) is 9.30. The van der Waals surface area contributed by atoms with E-state index in [-0.39, 0.29) is 10.6 Å². The molecule has 0 spiro atoms. The summed E-state index contributed by atoms with van der Waals surface area (Å²) in [6.07, 6.45) is -1.09. The van der Waals surface area contributed by atoms with Gasteiger partial charge in [-0.2, -0.15) is 0 Å². The Morgan fingerprint density at radius 3 is 2.28 bits per heavy atom. The molecule has 0 fully saturated rings. The van der Waals surface area contributed by atoms with Gasteiger partial charge in [-0.3, -0.25) is 19.2 Å². The monoisotopic (exact) mass is 481 g/mol. The Bertz CT molecular complexity index is 998. The molecule has 0 aliphatic carbocycles. The lowest BCUT2D eigenvalue weighted by Crippen LogP contribution is -2.40. The first-order valence-electron chi connectivity index (χ1n) is 9.34. The number of carbonyl (C=O) groups excluding carboxylic acids is 4. The molecule has 3 amide bonds. The van der Waals surface area contributed by atoms with Crippen LogP contribution in [-0.2, 0) is 19.1 Å². The van der Waals surface area contributed by atoms with Crippen molar-refractivity contribution in [2.75, 3.05) is 25.5 Å². The van der Waals surface area contributed by atoms with Gasteiger partial charge in [-0.15, -0.1) is 0 Å². The maximum atomic E-state index is 12.1. The van der Waals surface area contributed by atoms with Crippen LogP contribution in [0, 0.1) is 0 Å². The second-order valence-electron chi connectivity index (χ2n) is 6.43. The van der Waals surface area contributed by atoms with Gasteiger partial charge in [-0.05, 0) is 49.4 Å². The third kappa shape index (κ3) is 7.75. The Labute approximate surface area is 194 Å². The number of hydrogen-bond donors (Lipinski definition) is 3. The number of esters is 1. The average molecular weight is 482 g/mol. The number of halogens is 2. The molecule has 0 heterocycles. The highest BCUT2D eigenvalue weighted by Crippen LogP contribution is 2.20. The van der Waals surface area contributed by atoms with Gasteiger partial charge in [0.05, 0.1) is 24.2 Å². The number of rotatable bonds is 9. The minimum Gasteiger partial charge on any atom is -0.497 e. The van der Waals surface area contributed by atoms with Crippen molar-refractivity contribution in [3.8, 4) is 5.75 Å². The molecular weight excluding hydrogens is 461 g/mol. The smallest absolute Gasteiger partial charge is 0.326 e. The summed E-state index contributed by atoms with van der Waals surface area (Å²) in [4.78, 5) is 47.9. The van der Waals surface area contributed by atoms with Crippen molar-refractivity contribution in [1.29, 1.82) is 0 Å². The van der Waals surface area contributed by atoms with Crippen LogP contribution < -0.4 is 20.7 Å². The Balaban J connectivity index is 1.72. The van der Waals surface area contributed by atoms with E-state index in [1.54, 1.807) is 24.3 Å². The zero-order chi connectivity index (χ0) is 23.7. The molecule has 170 valence electrons. The van der Waals surface area contributed by atoms with Crippen LogP contribution in [0.1, 0.15) is 17.3 Å². The number of anilines is 1. The lowest BCUT2D eigenvalue weighted by molar-refractivity contribution is -0.152. The predicted molar refractivity (Wildman–Crippen MR) is 119 cm³/mol. The van der Waals surface area contributed by atoms with Crippen molar-refractivity contribution in [1.82, 2.24) is 10.6 Å². The zero-order valence-corrected chi connectivity index (χ0v) is 18.8. The minimum atomic E-state index is -1.09. The molecule has 2 aromatic rings. The fourth-order valence-electron chi connectivity index (χ4n) is 2.37. The van der Waals surface area contributed by atoms with Gasteiger partial charge >= 0.3 is 5.97 Å². The highest BCUT2D eigenvalue weighted by molar-refractivity contribution is 6.36. The van der Waals surface area contributed by atoms with E-state index in [9.17, 15) is 19.2 Å². The fraction of sp³-hybridized carbons (Fsp3) is 0.238. The van der Waals surface area contributed by atoms with Crippen LogP contribution >= 0.6 is 23.2 Å². The van der Waals surface area contributed by atoms with E-state index < -0.39 is 42.9 Å². The summed E-state index contributed by atoms with van der Waals surface area (Å²) < 4.78 is 10.0. The first-order chi connectivity index (χ1) is 15.2. The highest BCUT2D eigenvalue weighted by Gasteiger charge is 2.19. The number of nitrogens with one attached hydrogen (secondary N) is 3. The van der Waals surface area contributed by atoms with E-state index in [1.165, 1.54) is 32.2 Å². The van der Waals surface area contributed by atoms with E-state index in [0.717, 1.165) is 0 Å². The minimum absolute atomic E-state index is 0.140. The van der Waals surface area contributed by atoms with Crippen molar-refractivity contribution < 1.29 is 28.7 Å². The molecule has 1 unspecified atom stereocenters. The van der Waals surface area contributed by atoms with Crippen molar-refractivity contribution in [2.24, 2.45) is 0 Å². The van der Waals surface area contributed by atoms with Crippen LogP contribution in [-0.4, -0.2) is 50.0 Å². The van der Waals surface area contributed by atoms with E-state index >= 15 is 0 Å². The molecule has 9 nitrogen and oxygen atoms in total. The van der Waals surface area contributed by atoms with Crippen LogP contribution in [0.25, 0.3) is 0 Å². The second kappa shape index (κ2) is 11.9. The van der Waals surface area contributed by atoms with Gasteiger partial charge < -0.3 is 25.4 Å². The number of amides is 3. The molecule has 0 saturated heterocycles. The van der Waals surface area contributed by atoms with Crippen LogP contribution in [0.15, 0.2) is 42.5 Å². The molecular formula is C21H21Cl2N3O6. The van der Waals surface area contributed by atoms with Gasteiger partial charge in [0, 0.05) is 10.7 Å². The summed E-state index contributed by atoms with van der Waals surface area (Å²) in [6.45, 7) is 0.532. The molecule has 0 aliphatic heterocycles. The molecule has 0 radical (unpaired) electrons. The van der Waals surface area contributed by atoms with Gasteiger partial charge in [-0.25, -0.2) is 0 Å². The summed E-state index contributed by atoms with van der Waals surface area (Å²) in [6, 6.07) is 10.9. The van der Waals surface area contributed by atoms with Gasteiger partial charge in [0.1, 0.15) is 12.3 Å². The van der Waals surface area contributed by atoms with E-state index in [0.29, 0.717) is 16.5 Å². The Hall–Kier alpha value is -3.30. The van der Waals surface area contributed by atoms with E-state index in [4.69, 9.17) is 32.7 Å². The van der Waals surface area contributed by atoms with Gasteiger partial charge in [0.25, 0.3) is 11.8 Å². The number of benzene rings is 2. The quantitative estimate of drug-likeness (QED) is 0.472. The number of carbonyl (C=O) groups is 4. The van der Waals surface area contributed by atoms with Gasteiger partial charge in [-0.1, -0.05) is 23.2 Å². The largest absolute Gasteiger partial charge is 0.497 e. The molecule has 2 aromatic carbocycles. The fourth-order valence-corrected chi connectivity index (χ4v) is 2.87. The number of methoxy groups -OCH3 is 1. The van der Waals surface area contributed by atoms with Crippen LogP contribution in [0.3, 0.4) is 0 Å². The van der Waals surface area contributed by atoms with Crippen molar-refractivity contribution >= 4 is 52.6 Å². The Morgan fingerprint density at radius 1 is 0.969 bits per heavy atom. The van der Waals surface area contributed by atoms with Crippen LogP contribution in [0.4, 0.5) is 5.69 Å². The molecule has 32 heavy (non-hydrogen) atoms. The van der Waals surface area contributed by atoms with Gasteiger partial charge in [0.15, 0.2) is 6.10 Å². The summed E-state index contributed by atoms with van der Waals surface area (Å²) in [5.74, 6) is -1.93. The molecule has 3 N–H and O–H groups in total. The van der Waals surface area contributed by atoms with Crippen molar-refractivity contribution in [3.05, 3.63) is 58.1 Å². The third-order valence-corrected chi connectivity index (χ3v) is 4.60. The molecule has 0 aliphatic rings. The first kappa shape index (κ1) is 25.0. The van der Waals surface area contributed by atoms with E-state index in [1.807, 2.05) is 0 Å². The lowest BCUT2D eigenvalue weighted by Gasteiger charge is -2.14. The van der Waals surface area contributed by atoms with Crippen molar-refractivity contribution in [2.45, 2.75) is 13.0 Å². The summed E-state index contributed by atoms with van der Waals surface area (Å²) in [7, 11) is 1.52. The maximum Gasteiger partial charge on any atom is 0.326 e. The standard InChI is InChI=1S/C21H21Cl2N3O6/c1-12(20(29)26-14-4-6-15(31-2)7-5-14)32-19(28)11-24-18(27)10-25-21(30)16-8-3-13(22)9-17(16)23/h3-9,12H,10-11H2,1-2H3,(H,24,27)(H,25,30)(H,26,29). The molecule has 2 rings (SSSR count). The zero-order valence-electron chi connectivity index (χ0n) is 17.2. The average Bonchev–Trinajstić information content (AvgIpc) is 2.76. The summed E-state index contributed by atoms with van der Waals surface area (Å²) >= 11 is 11.7. The SMILES string of the molecule is COc1ccc(NC(=O)C(C)OC(=O)CNC(=O)CNC(=O)c2ccc(Cl)cc2Cl)cc1. The highest BCUT2D eigenvalue weighted by atomic mass is 35.5. The summed E-state index contributed by atoms with van der Waals surface area (Å²) in [5, 5.41) is 7.77. The molecule has 0 bridgehead atoms. The maximum absolute atomic E-state index is 12.1. The number of hydrogen-bond acceptors (Lipinski definition) is 6. The van der Waals surface area contributed by atoms with Gasteiger partial charge in [0.2, 0.25) is 5.91 Å².